The van der Waals surface area contributed by atoms with Crippen molar-refractivity contribution in [1.82, 2.24) is 15.1 Å². The van der Waals surface area contributed by atoms with Crippen LogP contribution in [0.25, 0.3) is 0 Å². The minimum Gasteiger partial charge on any atom is -0.352 e. The fourth-order valence-electron chi connectivity index (χ4n) is 4.04. The van der Waals surface area contributed by atoms with Crippen molar-refractivity contribution in [2.24, 2.45) is 5.92 Å². The molecule has 1 N–H and O–H groups in total. The van der Waals surface area contributed by atoms with Gasteiger partial charge in [-0.25, -0.2) is 0 Å². The molecule has 6 heteroatoms. The number of amides is 2. The zero-order chi connectivity index (χ0) is 16.5. The SMILES string of the molecule is O=C(CN1CCCC[C@H]2CN(C(=O)c3cccs3)C[C@H]21)NC1CC1. The third-order valence-corrected chi connectivity index (χ3v) is 6.31. The van der Waals surface area contributed by atoms with Crippen molar-refractivity contribution in [2.45, 2.75) is 44.2 Å². The van der Waals surface area contributed by atoms with Crippen molar-refractivity contribution < 1.29 is 9.59 Å². The second-order valence-electron chi connectivity index (χ2n) is 7.32. The van der Waals surface area contributed by atoms with E-state index in [1.165, 1.54) is 24.2 Å². The number of nitrogens with one attached hydrogen (secondary N) is 1. The molecule has 0 unspecified atom stereocenters. The summed E-state index contributed by atoms with van der Waals surface area (Å²) in [4.78, 5) is 30.0. The molecule has 1 saturated carbocycles. The Labute approximate surface area is 147 Å². The highest BCUT2D eigenvalue weighted by Crippen LogP contribution is 2.31. The summed E-state index contributed by atoms with van der Waals surface area (Å²) in [5.41, 5.74) is 0. The van der Waals surface area contributed by atoms with E-state index in [2.05, 4.69) is 10.2 Å². The smallest absolute Gasteiger partial charge is 0.263 e. The molecule has 0 radical (unpaired) electrons. The van der Waals surface area contributed by atoms with Gasteiger partial charge in [-0.1, -0.05) is 12.5 Å². The van der Waals surface area contributed by atoms with E-state index in [-0.39, 0.29) is 11.8 Å². The van der Waals surface area contributed by atoms with Gasteiger partial charge in [0.1, 0.15) is 0 Å². The van der Waals surface area contributed by atoms with Gasteiger partial charge < -0.3 is 10.2 Å². The molecule has 2 aliphatic heterocycles. The number of carbonyl (C=O) groups excluding carboxylic acids is 2. The van der Waals surface area contributed by atoms with Crippen LogP contribution in [0.15, 0.2) is 17.5 Å². The van der Waals surface area contributed by atoms with Gasteiger partial charge in [-0.05, 0) is 49.6 Å². The van der Waals surface area contributed by atoms with Crippen molar-refractivity contribution in [3.63, 3.8) is 0 Å². The summed E-state index contributed by atoms with van der Waals surface area (Å²) in [5.74, 6) is 0.812. The fraction of sp³-hybridized carbons (Fsp3) is 0.667. The number of likely N-dealkylation sites (tertiary alicyclic amines) is 2. The van der Waals surface area contributed by atoms with Gasteiger partial charge >= 0.3 is 0 Å². The van der Waals surface area contributed by atoms with Crippen molar-refractivity contribution in [2.75, 3.05) is 26.2 Å². The molecule has 1 aromatic rings. The van der Waals surface area contributed by atoms with Gasteiger partial charge in [0.25, 0.3) is 5.91 Å². The van der Waals surface area contributed by atoms with E-state index in [1.54, 1.807) is 0 Å². The standard InChI is InChI=1S/C18H25N3O2S/c22-17(19-14-6-7-14)12-20-8-2-1-4-13-10-21(11-15(13)20)18(23)16-5-3-9-24-16/h3,5,9,13-15H,1-2,4,6-8,10-12H2,(H,19,22)/t13-,15+/m0/s1. The van der Waals surface area contributed by atoms with E-state index in [4.69, 9.17) is 0 Å². The second kappa shape index (κ2) is 6.84. The maximum Gasteiger partial charge on any atom is 0.263 e. The average Bonchev–Trinajstić information content (AvgIpc) is 3.11. The largest absolute Gasteiger partial charge is 0.352 e. The van der Waals surface area contributed by atoms with Crippen molar-refractivity contribution >= 4 is 23.2 Å². The number of nitrogens with zero attached hydrogens (tertiary/aromatic N) is 2. The summed E-state index contributed by atoms with van der Waals surface area (Å²) in [7, 11) is 0. The van der Waals surface area contributed by atoms with Gasteiger partial charge in [0.2, 0.25) is 5.91 Å². The Morgan fingerprint density at radius 3 is 2.83 bits per heavy atom. The molecule has 4 rings (SSSR count). The monoisotopic (exact) mass is 347 g/mol. The van der Waals surface area contributed by atoms with Crippen LogP contribution in [0.4, 0.5) is 0 Å². The maximum atomic E-state index is 12.7. The van der Waals surface area contributed by atoms with Crippen LogP contribution in [0.3, 0.4) is 0 Å². The normalized spacial score (nSPS) is 27.6. The lowest BCUT2D eigenvalue weighted by Gasteiger charge is -2.29. The molecule has 5 nitrogen and oxygen atoms in total. The van der Waals surface area contributed by atoms with Gasteiger partial charge in [-0.2, -0.15) is 0 Å². The summed E-state index contributed by atoms with van der Waals surface area (Å²) in [6, 6.07) is 4.59. The first-order chi connectivity index (χ1) is 11.7. The molecule has 3 aliphatic rings. The third kappa shape index (κ3) is 3.49. The lowest BCUT2D eigenvalue weighted by Crippen LogP contribution is -2.46. The van der Waals surface area contributed by atoms with Crippen LogP contribution in [0.1, 0.15) is 41.8 Å². The van der Waals surface area contributed by atoms with E-state index >= 15 is 0 Å². The van der Waals surface area contributed by atoms with Crippen LogP contribution < -0.4 is 5.32 Å². The zero-order valence-corrected chi connectivity index (χ0v) is 14.8. The highest BCUT2D eigenvalue weighted by molar-refractivity contribution is 7.12. The average molecular weight is 347 g/mol. The second-order valence-corrected chi connectivity index (χ2v) is 8.27. The van der Waals surface area contributed by atoms with Gasteiger partial charge in [-0.3, -0.25) is 14.5 Å². The lowest BCUT2D eigenvalue weighted by molar-refractivity contribution is -0.123. The summed E-state index contributed by atoms with van der Waals surface area (Å²) in [5, 5.41) is 5.05. The van der Waals surface area contributed by atoms with E-state index < -0.39 is 0 Å². The molecule has 1 aliphatic carbocycles. The molecule has 2 amide bonds. The molecule has 1 aromatic heterocycles. The van der Waals surface area contributed by atoms with Crippen molar-refractivity contribution in [3.05, 3.63) is 22.4 Å². The Morgan fingerprint density at radius 2 is 2.08 bits per heavy atom. The Balaban J connectivity index is 1.42. The summed E-state index contributed by atoms with van der Waals surface area (Å²) < 4.78 is 0. The van der Waals surface area contributed by atoms with Crippen LogP contribution >= 0.6 is 11.3 Å². The number of fused-ring (bicyclic) bond motifs is 1. The van der Waals surface area contributed by atoms with E-state index in [1.807, 2.05) is 22.4 Å². The quantitative estimate of drug-likeness (QED) is 0.906. The van der Waals surface area contributed by atoms with Crippen LogP contribution in [-0.4, -0.2) is 59.9 Å². The van der Waals surface area contributed by atoms with Crippen molar-refractivity contribution in [3.8, 4) is 0 Å². The number of rotatable bonds is 4. The zero-order valence-electron chi connectivity index (χ0n) is 13.9. The minimum absolute atomic E-state index is 0.153. The summed E-state index contributed by atoms with van der Waals surface area (Å²) >= 11 is 1.51. The molecule has 3 fully saturated rings. The Bertz CT molecular complexity index is 599. The van der Waals surface area contributed by atoms with Crippen LogP contribution in [0.2, 0.25) is 0 Å². The summed E-state index contributed by atoms with van der Waals surface area (Å²) in [6.45, 7) is 3.05. The van der Waals surface area contributed by atoms with Gasteiger partial charge in [-0.15, -0.1) is 11.3 Å². The third-order valence-electron chi connectivity index (χ3n) is 5.45. The summed E-state index contributed by atoms with van der Waals surface area (Å²) in [6.07, 6.45) is 5.77. The molecule has 0 spiro atoms. The van der Waals surface area contributed by atoms with Gasteiger partial charge in [0.05, 0.1) is 11.4 Å². The van der Waals surface area contributed by atoms with Crippen LogP contribution in [0, 0.1) is 5.92 Å². The molecule has 2 atom stereocenters. The molecular weight excluding hydrogens is 322 g/mol. The minimum atomic E-state index is 0.153. The highest BCUT2D eigenvalue weighted by Gasteiger charge is 2.40. The molecule has 0 bridgehead atoms. The van der Waals surface area contributed by atoms with E-state index in [0.29, 0.717) is 24.5 Å². The fourth-order valence-corrected chi connectivity index (χ4v) is 4.73. The Morgan fingerprint density at radius 1 is 1.21 bits per heavy atom. The first-order valence-corrected chi connectivity index (χ1v) is 9.95. The predicted molar refractivity (Wildman–Crippen MR) is 94.1 cm³/mol. The molecular formula is C18H25N3O2S. The maximum absolute atomic E-state index is 12.7. The first kappa shape index (κ1) is 16.1. The molecule has 24 heavy (non-hydrogen) atoms. The number of thiophene rings is 1. The van der Waals surface area contributed by atoms with Gasteiger partial charge in [0, 0.05) is 25.2 Å². The van der Waals surface area contributed by atoms with E-state index in [9.17, 15) is 9.59 Å². The molecule has 0 aromatic carbocycles. The van der Waals surface area contributed by atoms with Crippen molar-refractivity contribution in [1.29, 1.82) is 0 Å². The Kier molecular flexibility index (Phi) is 4.59. The van der Waals surface area contributed by atoms with Crippen LogP contribution in [-0.2, 0) is 4.79 Å². The topological polar surface area (TPSA) is 52.7 Å². The molecule has 130 valence electrons. The first-order valence-electron chi connectivity index (χ1n) is 9.07. The molecule has 3 heterocycles. The number of carbonyl (C=O) groups is 2. The lowest BCUT2D eigenvalue weighted by atomic mass is 9.98. The highest BCUT2D eigenvalue weighted by atomic mass is 32.1. The Hall–Kier alpha value is -1.40. The van der Waals surface area contributed by atoms with Crippen LogP contribution in [0.5, 0.6) is 0 Å². The predicted octanol–water partition coefficient (Wildman–Crippen LogP) is 1.95. The van der Waals surface area contributed by atoms with Gasteiger partial charge in [0.15, 0.2) is 0 Å². The number of hydrogen-bond donors (Lipinski definition) is 1. The number of hydrogen-bond acceptors (Lipinski definition) is 4. The van der Waals surface area contributed by atoms with E-state index in [0.717, 1.165) is 43.8 Å². The molecule has 2 saturated heterocycles.